The van der Waals surface area contributed by atoms with Crippen molar-refractivity contribution in [2.24, 2.45) is 0 Å². The van der Waals surface area contributed by atoms with Gasteiger partial charge >= 0.3 is 0 Å². The summed E-state index contributed by atoms with van der Waals surface area (Å²) in [6, 6.07) is 14.1. The third-order valence-corrected chi connectivity index (χ3v) is 6.01. The van der Waals surface area contributed by atoms with Crippen LogP contribution in [0.4, 0.5) is 5.69 Å². The highest BCUT2D eigenvalue weighted by Crippen LogP contribution is 2.35. The molecular weight excluding hydrogens is 348 g/mol. The highest BCUT2D eigenvalue weighted by molar-refractivity contribution is 7.89. The minimum atomic E-state index is -3.60. The van der Waals surface area contributed by atoms with Crippen LogP contribution in [0, 0.1) is 0 Å². The van der Waals surface area contributed by atoms with Crippen LogP contribution in [0.15, 0.2) is 53.4 Å². The number of rotatable bonds is 3. The number of benzene rings is 2. The number of anilines is 1. The van der Waals surface area contributed by atoms with Crippen molar-refractivity contribution in [2.75, 3.05) is 4.90 Å². The molecule has 0 bridgehead atoms. The van der Waals surface area contributed by atoms with Crippen LogP contribution in [0.1, 0.15) is 43.6 Å². The minimum absolute atomic E-state index is 0.0220. The van der Waals surface area contributed by atoms with Crippen LogP contribution in [-0.4, -0.2) is 25.9 Å². The standard InChI is InChI=1S/C20H24N2O3S/c1-14-12-16-13-17(26(24,25)21-20(2,3)4)10-11-18(16)22(14)19(23)15-8-6-5-7-9-15/h5-11,13-14,21H,12H2,1-4H3/t14-/m1/s1. The minimum Gasteiger partial charge on any atom is -0.305 e. The summed E-state index contributed by atoms with van der Waals surface area (Å²) in [5.41, 5.74) is 1.72. The van der Waals surface area contributed by atoms with Gasteiger partial charge in [0.25, 0.3) is 5.91 Å². The van der Waals surface area contributed by atoms with E-state index in [0.29, 0.717) is 12.0 Å². The maximum absolute atomic E-state index is 12.9. The number of nitrogens with zero attached hydrogens (tertiary/aromatic N) is 1. The molecule has 1 aliphatic heterocycles. The summed E-state index contributed by atoms with van der Waals surface area (Å²) in [6.45, 7) is 7.39. The zero-order chi connectivity index (χ0) is 19.1. The summed E-state index contributed by atoms with van der Waals surface area (Å²) >= 11 is 0. The second-order valence-corrected chi connectivity index (χ2v) is 9.42. The average Bonchev–Trinajstić information content (AvgIpc) is 2.87. The van der Waals surface area contributed by atoms with Crippen molar-refractivity contribution in [3.8, 4) is 0 Å². The maximum atomic E-state index is 12.9. The Morgan fingerprint density at radius 2 is 1.77 bits per heavy atom. The SMILES string of the molecule is C[C@@H]1Cc2cc(S(=O)(=O)NC(C)(C)C)ccc2N1C(=O)c1ccccc1. The van der Waals surface area contributed by atoms with E-state index in [4.69, 9.17) is 0 Å². The molecule has 5 nitrogen and oxygen atoms in total. The summed E-state index contributed by atoms with van der Waals surface area (Å²) in [5.74, 6) is -0.0692. The van der Waals surface area contributed by atoms with Gasteiger partial charge in [0.05, 0.1) is 4.90 Å². The summed E-state index contributed by atoms with van der Waals surface area (Å²) in [7, 11) is -3.60. The zero-order valence-electron chi connectivity index (χ0n) is 15.5. The van der Waals surface area contributed by atoms with Gasteiger partial charge in [-0.05, 0) is 70.0 Å². The van der Waals surface area contributed by atoms with Gasteiger partial charge in [0, 0.05) is 22.8 Å². The molecule has 6 heteroatoms. The third kappa shape index (κ3) is 3.66. The van der Waals surface area contributed by atoms with Gasteiger partial charge in [-0.1, -0.05) is 18.2 Å². The van der Waals surface area contributed by atoms with Gasteiger partial charge in [-0.15, -0.1) is 0 Å². The first-order chi connectivity index (χ1) is 12.1. The molecule has 26 heavy (non-hydrogen) atoms. The summed E-state index contributed by atoms with van der Waals surface area (Å²) in [5, 5.41) is 0. The van der Waals surface area contributed by atoms with Gasteiger partial charge < -0.3 is 4.90 Å². The van der Waals surface area contributed by atoms with Crippen LogP contribution < -0.4 is 9.62 Å². The third-order valence-electron chi connectivity index (χ3n) is 4.26. The molecule has 2 aromatic carbocycles. The Labute approximate surface area is 155 Å². The largest absolute Gasteiger partial charge is 0.305 e. The molecule has 2 aromatic rings. The molecule has 0 unspecified atom stereocenters. The number of amides is 1. The van der Waals surface area contributed by atoms with Gasteiger partial charge in [0.2, 0.25) is 10.0 Å². The lowest BCUT2D eigenvalue weighted by atomic mass is 10.1. The van der Waals surface area contributed by atoms with E-state index >= 15 is 0 Å². The average molecular weight is 372 g/mol. The second-order valence-electron chi connectivity index (χ2n) is 7.74. The highest BCUT2D eigenvalue weighted by Gasteiger charge is 2.33. The number of fused-ring (bicyclic) bond motifs is 1. The van der Waals surface area contributed by atoms with Crippen LogP contribution in [0.5, 0.6) is 0 Å². The highest BCUT2D eigenvalue weighted by atomic mass is 32.2. The number of sulfonamides is 1. The van der Waals surface area contributed by atoms with E-state index in [1.165, 1.54) is 0 Å². The van der Waals surface area contributed by atoms with E-state index in [9.17, 15) is 13.2 Å². The normalized spacial score (nSPS) is 17.2. The molecule has 0 saturated carbocycles. The molecule has 0 fully saturated rings. The maximum Gasteiger partial charge on any atom is 0.258 e. The Balaban J connectivity index is 1.95. The van der Waals surface area contributed by atoms with E-state index in [0.717, 1.165) is 11.3 Å². The van der Waals surface area contributed by atoms with Gasteiger partial charge in [-0.3, -0.25) is 4.79 Å². The van der Waals surface area contributed by atoms with Crippen molar-refractivity contribution >= 4 is 21.6 Å². The van der Waals surface area contributed by atoms with Crippen LogP contribution in [0.25, 0.3) is 0 Å². The van der Waals surface area contributed by atoms with E-state index < -0.39 is 15.6 Å². The molecular formula is C20H24N2O3S. The first kappa shape index (κ1) is 18.6. The smallest absolute Gasteiger partial charge is 0.258 e. The second kappa shape index (κ2) is 6.52. The van der Waals surface area contributed by atoms with E-state index in [1.807, 2.05) is 25.1 Å². The van der Waals surface area contributed by atoms with E-state index in [-0.39, 0.29) is 16.8 Å². The van der Waals surface area contributed by atoms with Crippen molar-refractivity contribution in [1.29, 1.82) is 0 Å². The molecule has 1 aliphatic rings. The first-order valence-electron chi connectivity index (χ1n) is 8.64. The van der Waals surface area contributed by atoms with Gasteiger partial charge in [-0.2, -0.15) is 0 Å². The molecule has 0 radical (unpaired) electrons. The molecule has 0 saturated heterocycles. The zero-order valence-corrected chi connectivity index (χ0v) is 16.3. The fraction of sp³-hybridized carbons (Fsp3) is 0.350. The molecule has 0 spiro atoms. The van der Waals surface area contributed by atoms with Gasteiger partial charge in [0.1, 0.15) is 0 Å². The van der Waals surface area contributed by atoms with Crippen molar-refractivity contribution in [1.82, 2.24) is 4.72 Å². The topological polar surface area (TPSA) is 66.5 Å². The number of carbonyl (C=O) groups is 1. The van der Waals surface area contributed by atoms with Crippen LogP contribution >= 0.6 is 0 Å². The molecule has 0 aliphatic carbocycles. The Morgan fingerprint density at radius 3 is 2.38 bits per heavy atom. The lowest BCUT2D eigenvalue weighted by Gasteiger charge is -2.23. The lowest BCUT2D eigenvalue weighted by molar-refractivity contribution is 0.0981. The van der Waals surface area contributed by atoms with Crippen LogP contribution in [0.3, 0.4) is 0 Å². The van der Waals surface area contributed by atoms with Crippen molar-refractivity contribution in [3.63, 3.8) is 0 Å². The molecule has 1 atom stereocenters. The number of nitrogens with one attached hydrogen (secondary N) is 1. The molecule has 1 N–H and O–H groups in total. The summed E-state index contributed by atoms with van der Waals surface area (Å²) < 4.78 is 27.8. The molecule has 1 amide bonds. The van der Waals surface area contributed by atoms with Crippen molar-refractivity contribution < 1.29 is 13.2 Å². The lowest BCUT2D eigenvalue weighted by Crippen LogP contribution is -2.40. The monoisotopic (exact) mass is 372 g/mol. The summed E-state index contributed by atoms with van der Waals surface area (Å²) in [6.07, 6.45) is 0.632. The molecule has 138 valence electrons. The molecule has 3 rings (SSSR count). The van der Waals surface area contributed by atoms with Crippen LogP contribution in [0.2, 0.25) is 0 Å². The fourth-order valence-electron chi connectivity index (χ4n) is 3.27. The van der Waals surface area contributed by atoms with Crippen molar-refractivity contribution in [2.45, 2.75) is 50.6 Å². The van der Waals surface area contributed by atoms with Gasteiger partial charge in [0.15, 0.2) is 0 Å². The Hall–Kier alpha value is -2.18. The van der Waals surface area contributed by atoms with E-state index in [2.05, 4.69) is 4.72 Å². The predicted molar refractivity (Wildman–Crippen MR) is 103 cm³/mol. The molecule has 1 heterocycles. The van der Waals surface area contributed by atoms with Gasteiger partial charge in [-0.25, -0.2) is 13.1 Å². The number of carbonyl (C=O) groups excluding carboxylic acids is 1. The quantitative estimate of drug-likeness (QED) is 0.898. The Kier molecular flexibility index (Phi) is 4.67. The fourth-order valence-corrected chi connectivity index (χ4v) is 4.73. The Morgan fingerprint density at radius 1 is 1.12 bits per heavy atom. The number of hydrogen-bond donors (Lipinski definition) is 1. The first-order valence-corrected chi connectivity index (χ1v) is 10.1. The Bertz CT molecular complexity index is 931. The van der Waals surface area contributed by atoms with Crippen LogP contribution in [-0.2, 0) is 16.4 Å². The number of hydrogen-bond acceptors (Lipinski definition) is 3. The van der Waals surface area contributed by atoms with Crippen molar-refractivity contribution in [3.05, 3.63) is 59.7 Å². The van der Waals surface area contributed by atoms with E-state index in [1.54, 1.807) is 56.0 Å². The molecule has 0 aromatic heterocycles. The summed E-state index contributed by atoms with van der Waals surface area (Å²) in [4.78, 5) is 14.9. The predicted octanol–water partition coefficient (Wildman–Crippen LogP) is 3.35.